The van der Waals surface area contributed by atoms with Gasteiger partial charge in [-0.05, 0) is 26.3 Å². The maximum absolute atomic E-state index is 12.1. The van der Waals surface area contributed by atoms with Crippen molar-refractivity contribution in [1.82, 2.24) is 15.1 Å². The van der Waals surface area contributed by atoms with Crippen molar-refractivity contribution in [2.24, 2.45) is 0 Å². The average molecular weight is 271 g/mol. The summed E-state index contributed by atoms with van der Waals surface area (Å²) in [5.41, 5.74) is 0. The van der Waals surface area contributed by atoms with Crippen molar-refractivity contribution in [3.8, 4) is 0 Å². The van der Waals surface area contributed by atoms with Gasteiger partial charge in [-0.15, -0.1) is 0 Å². The molecule has 0 saturated carbocycles. The van der Waals surface area contributed by atoms with Crippen molar-refractivity contribution in [2.45, 2.75) is 37.9 Å². The quantitative estimate of drug-likeness (QED) is 0.632. The van der Waals surface area contributed by atoms with Gasteiger partial charge in [0, 0.05) is 25.2 Å². The van der Waals surface area contributed by atoms with E-state index in [1.807, 2.05) is 6.92 Å². The number of aliphatic hydroxyl groups is 1. The molecule has 108 valence electrons. The highest BCUT2D eigenvalue weighted by molar-refractivity contribution is 5.82. The van der Waals surface area contributed by atoms with E-state index in [0.29, 0.717) is 12.6 Å². The van der Waals surface area contributed by atoms with Crippen molar-refractivity contribution < 1.29 is 19.8 Å². The SMILES string of the molecule is CC1CN2CCCC2CN1C(=O)N[C@@H](CO)C(=O)O. The fourth-order valence-corrected chi connectivity index (χ4v) is 2.89. The van der Waals surface area contributed by atoms with Gasteiger partial charge in [-0.25, -0.2) is 9.59 Å². The van der Waals surface area contributed by atoms with Crippen LogP contribution < -0.4 is 5.32 Å². The van der Waals surface area contributed by atoms with Crippen LogP contribution in [-0.2, 0) is 4.79 Å². The molecule has 2 fully saturated rings. The highest BCUT2D eigenvalue weighted by Gasteiger charge is 2.37. The maximum Gasteiger partial charge on any atom is 0.328 e. The third-order valence-corrected chi connectivity index (χ3v) is 3.98. The smallest absolute Gasteiger partial charge is 0.328 e. The molecule has 2 aliphatic heterocycles. The monoisotopic (exact) mass is 271 g/mol. The van der Waals surface area contributed by atoms with E-state index >= 15 is 0 Å². The van der Waals surface area contributed by atoms with Crippen LogP contribution in [0.3, 0.4) is 0 Å². The summed E-state index contributed by atoms with van der Waals surface area (Å²) in [5, 5.41) is 20.1. The average Bonchev–Trinajstić information content (AvgIpc) is 2.81. The van der Waals surface area contributed by atoms with Gasteiger partial charge in [-0.1, -0.05) is 0 Å². The number of amides is 2. The number of urea groups is 1. The molecule has 2 heterocycles. The second-order valence-electron chi connectivity index (χ2n) is 5.32. The zero-order valence-corrected chi connectivity index (χ0v) is 11.1. The topological polar surface area (TPSA) is 93.1 Å². The fourth-order valence-electron chi connectivity index (χ4n) is 2.89. The van der Waals surface area contributed by atoms with Crippen LogP contribution in [0.1, 0.15) is 19.8 Å². The Kier molecular flexibility index (Phi) is 4.26. The largest absolute Gasteiger partial charge is 0.480 e. The number of aliphatic carboxylic acids is 1. The van der Waals surface area contributed by atoms with Crippen LogP contribution in [0.15, 0.2) is 0 Å². The molecular formula is C12H21N3O4. The minimum Gasteiger partial charge on any atom is -0.480 e. The van der Waals surface area contributed by atoms with Crippen molar-refractivity contribution in [3.05, 3.63) is 0 Å². The third kappa shape index (κ3) is 2.98. The minimum absolute atomic E-state index is 0.0579. The first-order valence-electron chi connectivity index (χ1n) is 6.67. The molecule has 7 nitrogen and oxygen atoms in total. The first-order valence-corrected chi connectivity index (χ1v) is 6.67. The van der Waals surface area contributed by atoms with E-state index in [-0.39, 0.29) is 6.04 Å². The zero-order valence-electron chi connectivity index (χ0n) is 11.1. The molecule has 2 amide bonds. The summed E-state index contributed by atoms with van der Waals surface area (Å²) >= 11 is 0. The molecule has 7 heteroatoms. The molecule has 2 unspecified atom stereocenters. The third-order valence-electron chi connectivity index (χ3n) is 3.98. The van der Waals surface area contributed by atoms with Gasteiger partial charge in [-0.2, -0.15) is 0 Å². The van der Waals surface area contributed by atoms with Crippen molar-refractivity contribution in [1.29, 1.82) is 0 Å². The van der Waals surface area contributed by atoms with Crippen LogP contribution in [0.4, 0.5) is 4.79 Å². The first-order chi connectivity index (χ1) is 9.02. The van der Waals surface area contributed by atoms with Crippen LogP contribution in [0.5, 0.6) is 0 Å². The van der Waals surface area contributed by atoms with Gasteiger partial charge in [0.2, 0.25) is 0 Å². The summed E-state index contributed by atoms with van der Waals surface area (Å²) in [4.78, 5) is 27.0. The number of rotatable bonds is 3. The molecule has 0 aromatic carbocycles. The van der Waals surface area contributed by atoms with Gasteiger partial charge in [0.25, 0.3) is 0 Å². The molecule has 0 aliphatic carbocycles. The van der Waals surface area contributed by atoms with E-state index in [9.17, 15) is 9.59 Å². The highest BCUT2D eigenvalue weighted by Crippen LogP contribution is 2.24. The Labute approximate surface area is 112 Å². The summed E-state index contributed by atoms with van der Waals surface area (Å²) in [7, 11) is 0. The van der Waals surface area contributed by atoms with E-state index in [2.05, 4.69) is 10.2 Å². The van der Waals surface area contributed by atoms with Crippen LogP contribution in [-0.4, -0.2) is 76.4 Å². The normalized spacial score (nSPS) is 28.8. The lowest BCUT2D eigenvalue weighted by atomic mass is 10.1. The summed E-state index contributed by atoms with van der Waals surface area (Å²) < 4.78 is 0. The van der Waals surface area contributed by atoms with Gasteiger partial charge in [0.1, 0.15) is 0 Å². The van der Waals surface area contributed by atoms with Gasteiger partial charge < -0.3 is 20.4 Å². The molecule has 0 spiro atoms. The van der Waals surface area contributed by atoms with Crippen molar-refractivity contribution >= 4 is 12.0 Å². The molecule has 0 aromatic rings. The van der Waals surface area contributed by atoms with Gasteiger partial charge in [0.05, 0.1) is 6.61 Å². The number of hydrogen-bond acceptors (Lipinski definition) is 4. The standard InChI is InChI=1S/C12H21N3O4/c1-8-5-14-4-2-3-9(14)6-15(8)12(19)13-10(7-16)11(17)18/h8-10,16H,2-7H2,1H3,(H,13,19)(H,17,18)/t8?,9?,10-/m0/s1. The molecule has 2 aliphatic rings. The second kappa shape index (κ2) is 5.75. The number of carboxylic acids is 1. The van der Waals surface area contributed by atoms with E-state index in [1.54, 1.807) is 4.90 Å². The molecule has 3 atom stereocenters. The molecular weight excluding hydrogens is 250 g/mol. The van der Waals surface area contributed by atoms with E-state index in [0.717, 1.165) is 25.9 Å². The number of fused-ring (bicyclic) bond motifs is 1. The number of hydrogen-bond donors (Lipinski definition) is 3. The Hall–Kier alpha value is -1.34. The minimum atomic E-state index is -1.23. The van der Waals surface area contributed by atoms with Gasteiger partial charge >= 0.3 is 12.0 Å². The maximum atomic E-state index is 12.1. The Morgan fingerprint density at radius 1 is 1.42 bits per heavy atom. The van der Waals surface area contributed by atoms with Gasteiger partial charge in [-0.3, -0.25) is 4.90 Å². The van der Waals surface area contributed by atoms with Crippen LogP contribution in [0.2, 0.25) is 0 Å². The zero-order chi connectivity index (χ0) is 14.0. The van der Waals surface area contributed by atoms with Crippen LogP contribution in [0.25, 0.3) is 0 Å². The predicted octanol–water partition coefficient (Wildman–Crippen LogP) is -0.690. The molecule has 2 rings (SSSR count). The Morgan fingerprint density at radius 3 is 2.79 bits per heavy atom. The number of carbonyl (C=O) groups is 2. The lowest BCUT2D eigenvalue weighted by molar-refractivity contribution is -0.140. The fraction of sp³-hybridized carbons (Fsp3) is 0.833. The highest BCUT2D eigenvalue weighted by atomic mass is 16.4. The molecule has 19 heavy (non-hydrogen) atoms. The van der Waals surface area contributed by atoms with Crippen LogP contribution >= 0.6 is 0 Å². The second-order valence-corrected chi connectivity index (χ2v) is 5.32. The Balaban J connectivity index is 1.96. The van der Waals surface area contributed by atoms with E-state index < -0.39 is 24.6 Å². The summed E-state index contributed by atoms with van der Waals surface area (Å²) in [6.45, 7) is 3.90. The molecule has 3 N–H and O–H groups in total. The Morgan fingerprint density at radius 2 is 2.16 bits per heavy atom. The molecule has 0 radical (unpaired) electrons. The number of carboxylic acid groups (broad SMARTS) is 1. The van der Waals surface area contributed by atoms with Crippen LogP contribution in [0, 0.1) is 0 Å². The first kappa shape index (κ1) is 14.1. The number of nitrogens with zero attached hydrogens (tertiary/aromatic N) is 2. The summed E-state index contributed by atoms with van der Waals surface area (Å²) in [5.74, 6) is -1.22. The number of carbonyl (C=O) groups excluding carboxylic acids is 1. The van der Waals surface area contributed by atoms with Crippen molar-refractivity contribution in [3.63, 3.8) is 0 Å². The molecule has 2 saturated heterocycles. The lowest BCUT2D eigenvalue weighted by Gasteiger charge is -2.42. The predicted molar refractivity (Wildman–Crippen MR) is 67.8 cm³/mol. The summed E-state index contributed by atoms with van der Waals surface area (Å²) in [6, 6.07) is -1.19. The van der Waals surface area contributed by atoms with E-state index in [1.165, 1.54) is 0 Å². The number of nitrogens with one attached hydrogen (secondary N) is 1. The van der Waals surface area contributed by atoms with Crippen molar-refractivity contribution in [2.75, 3.05) is 26.2 Å². The Bertz CT molecular complexity index is 363. The van der Waals surface area contributed by atoms with E-state index in [4.69, 9.17) is 10.2 Å². The number of aliphatic hydroxyl groups excluding tert-OH is 1. The number of piperazine rings is 1. The van der Waals surface area contributed by atoms with Gasteiger partial charge in [0.15, 0.2) is 6.04 Å². The summed E-state index contributed by atoms with van der Waals surface area (Å²) in [6.07, 6.45) is 2.24. The molecule has 0 bridgehead atoms. The molecule has 0 aromatic heterocycles. The lowest BCUT2D eigenvalue weighted by Crippen LogP contribution is -2.60.